The van der Waals surface area contributed by atoms with Crippen molar-refractivity contribution in [1.82, 2.24) is 19.9 Å². The molecule has 1 saturated heterocycles. The molecule has 0 atom stereocenters. The third kappa shape index (κ3) is 3.92. The van der Waals surface area contributed by atoms with E-state index >= 15 is 0 Å². The van der Waals surface area contributed by atoms with Crippen LogP contribution in [0.2, 0.25) is 0 Å². The average molecular weight is 322 g/mol. The van der Waals surface area contributed by atoms with Crippen molar-refractivity contribution in [3.8, 4) is 0 Å². The zero-order chi connectivity index (χ0) is 16.2. The van der Waals surface area contributed by atoms with E-state index in [1.165, 1.54) is 18.2 Å². The van der Waals surface area contributed by atoms with Crippen molar-refractivity contribution in [3.05, 3.63) is 47.1 Å². The van der Waals surface area contributed by atoms with Crippen molar-refractivity contribution < 1.29 is 13.3 Å². The maximum absolute atomic E-state index is 13.7. The Hall–Kier alpha value is -1.86. The smallest absolute Gasteiger partial charge is 0.226 e. The highest BCUT2D eigenvalue weighted by molar-refractivity contribution is 5.19. The van der Waals surface area contributed by atoms with Crippen LogP contribution in [0.3, 0.4) is 0 Å². The van der Waals surface area contributed by atoms with Gasteiger partial charge < -0.3 is 4.52 Å². The summed E-state index contributed by atoms with van der Waals surface area (Å²) < 4.78 is 32.5. The van der Waals surface area contributed by atoms with Gasteiger partial charge in [-0.1, -0.05) is 18.1 Å². The van der Waals surface area contributed by atoms with Gasteiger partial charge in [-0.25, -0.2) is 8.78 Å². The lowest BCUT2D eigenvalue weighted by molar-refractivity contribution is 0.117. The van der Waals surface area contributed by atoms with Crippen molar-refractivity contribution in [2.75, 3.05) is 26.2 Å². The Labute approximate surface area is 133 Å². The molecule has 0 unspecified atom stereocenters. The molecule has 1 aromatic heterocycles. The molecule has 0 amide bonds. The number of rotatable bonds is 5. The molecule has 0 spiro atoms. The Morgan fingerprint density at radius 3 is 2.22 bits per heavy atom. The van der Waals surface area contributed by atoms with Gasteiger partial charge in [-0.3, -0.25) is 9.80 Å². The molecule has 23 heavy (non-hydrogen) atoms. The Morgan fingerprint density at radius 1 is 1.04 bits per heavy atom. The van der Waals surface area contributed by atoms with Gasteiger partial charge in [0.15, 0.2) is 5.82 Å². The minimum atomic E-state index is -0.480. The van der Waals surface area contributed by atoms with Gasteiger partial charge in [0.2, 0.25) is 5.89 Å². The van der Waals surface area contributed by atoms with Crippen LogP contribution in [-0.4, -0.2) is 46.1 Å². The van der Waals surface area contributed by atoms with Gasteiger partial charge in [0.25, 0.3) is 0 Å². The van der Waals surface area contributed by atoms with Crippen LogP contribution in [0.15, 0.2) is 22.7 Å². The Kier molecular flexibility index (Phi) is 4.97. The summed E-state index contributed by atoms with van der Waals surface area (Å²) in [5, 5.41) is 3.95. The van der Waals surface area contributed by atoms with Crippen LogP contribution >= 0.6 is 0 Å². The Bertz CT molecular complexity index is 633. The molecule has 5 nitrogen and oxygen atoms in total. The largest absolute Gasteiger partial charge is 0.339 e. The quantitative estimate of drug-likeness (QED) is 0.845. The third-order valence-corrected chi connectivity index (χ3v) is 4.09. The number of nitrogens with zero attached hydrogens (tertiary/aromatic N) is 4. The molecule has 3 rings (SSSR count). The van der Waals surface area contributed by atoms with Gasteiger partial charge in [0.05, 0.1) is 6.54 Å². The number of hydrogen-bond donors (Lipinski definition) is 0. The van der Waals surface area contributed by atoms with E-state index in [2.05, 4.69) is 19.9 Å². The molecule has 0 saturated carbocycles. The first-order chi connectivity index (χ1) is 11.2. The highest BCUT2D eigenvalue weighted by atomic mass is 19.1. The second kappa shape index (κ2) is 7.14. The maximum atomic E-state index is 13.7. The summed E-state index contributed by atoms with van der Waals surface area (Å²) in [6, 6.07) is 3.99. The van der Waals surface area contributed by atoms with Crippen LogP contribution in [0.5, 0.6) is 0 Å². The number of halogens is 2. The summed E-state index contributed by atoms with van der Waals surface area (Å²) in [4.78, 5) is 8.58. The molecule has 0 radical (unpaired) electrons. The van der Waals surface area contributed by atoms with E-state index in [1.807, 2.05) is 6.92 Å². The summed E-state index contributed by atoms with van der Waals surface area (Å²) in [5.74, 6) is 0.377. The molecule has 0 N–H and O–H groups in total. The van der Waals surface area contributed by atoms with E-state index in [1.54, 1.807) is 0 Å². The number of piperazine rings is 1. The standard InChI is InChI=1S/C16H20F2N4O/c1-2-16-19-15(20-23-16)11-22-8-6-21(7-9-22)10-12-13(17)4-3-5-14(12)18/h3-5H,2,6-11H2,1H3. The van der Waals surface area contributed by atoms with Gasteiger partial charge in [0, 0.05) is 44.7 Å². The molecule has 0 bridgehead atoms. The van der Waals surface area contributed by atoms with Crippen LogP contribution < -0.4 is 0 Å². The molecule has 1 fully saturated rings. The van der Waals surface area contributed by atoms with Crippen molar-refractivity contribution in [1.29, 1.82) is 0 Å². The van der Waals surface area contributed by atoms with Crippen LogP contribution in [-0.2, 0) is 19.5 Å². The fraction of sp³-hybridized carbons (Fsp3) is 0.500. The second-order valence-electron chi connectivity index (χ2n) is 5.71. The summed E-state index contributed by atoms with van der Waals surface area (Å²) in [5.41, 5.74) is 0.145. The lowest BCUT2D eigenvalue weighted by atomic mass is 10.1. The molecule has 1 aliphatic rings. The highest BCUT2D eigenvalue weighted by Crippen LogP contribution is 2.16. The van der Waals surface area contributed by atoms with Gasteiger partial charge in [-0.05, 0) is 12.1 Å². The zero-order valence-corrected chi connectivity index (χ0v) is 13.1. The van der Waals surface area contributed by atoms with Crippen LogP contribution in [0.1, 0.15) is 24.2 Å². The van der Waals surface area contributed by atoms with Crippen molar-refractivity contribution in [3.63, 3.8) is 0 Å². The Balaban J connectivity index is 1.52. The summed E-state index contributed by atoms with van der Waals surface area (Å²) in [7, 11) is 0. The average Bonchev–Trinajstić information content (AvgIpc) is 3.00. The van der Waals surface area contributed by atoms with Crippen molar-refractivity contribution in [2.45, 2.75) is 26.4 Å². The summed E-state index contributed by atoms with van der Waals surface area (Å²) in [6.45, 7) is 6.05. The lowest BCUT2D eigenvalue weighted by Crippen LogP contribution is -2.45. The number of hydrogen-bond acceptors (Lipinski definition) is 5. The SMILES string of the molecule is CCc1nc(CN2CCN(Cc3c(F)cccc3F)CC2)no1. The number of benzene rings is 1. The predicted molar refractivity (Wildman–Crippen MR) is 80.6 cm³/mol. The van der Waals surface area contributed by atoms with E-state index in [0.29, 0.717) is 24.8 Å². The van der Waals surface area contributed by atoms with E-state index in [4.69, 9.17) is 4.52 Å². The maximum Gasteiger partial charge on any atom is 0.226 e. The minimum Gasteiger partial charge on any atom is -0.339 e. The minimum absolute atomic E-state index is 0.145. The molecule has 1 aliphatic heterocycles. The van der Waals surface area contributed by atoms with Crippen molar-refractivity contribution in [2.24, 2.45) is 0 Å². The molecule has 2 aromatic rings. The van der Waals surface area contributed by atoms with Crippen molar-refractivity contribution >= 4 is 0 Å². The van der Waals surface area contributed by atoms with Gasteiger partial charge in [0.1, 0.15) is 11.6 Å². The highest BCUT2D eigenvalue weighted by Gasteiger charge is 2.21. The van der Waals surface area contributed by atoms with Gasteiger partial charge >= 0.3 is 0 Å². The fourth-order valence-corrected chi connectivity index (χ4v) is 2.71. The fourth-order valence-electron chi connectivity index (χ4n) is 2.71. The topological polar surface area (TPSA) is 45.4 Å². The monoisotopic (exact) mass is 322 g/mol. The van der Waals surface area contributed by atoms with E-state index in [9.17, 15) is 8.78 Å². The van der Waals surface area contributed by atoms with Crippen LogP contribution in [0.4, 0.5) is 8.78 Å². The third-order valence-electron chi connectivity index (χ3n) is 4.09. The first kappa shape index (κ1) is 16.0. The number of aromatic nitrogens is 2. The first-order valence-electron chi connectivity index (χ1n) is 7.84. The summed E-state index contributed by atoms with van der Waals surface area (Å²) in [6.07, 6.45) is 0.731. The van der Waals surface area contributed by atoms with Crippen LogP contribution in [0, 0.1) is 11.6 Å². The predicted octanol–water partition coefficient (Wildman–Crippen LogP) is 2.23. The first-order valence-corrected chi connectivity index (χ1v) is 7.84. The molecule has 7 heteroatoms. The second-order valence-corrected chi connectivity index (χ2v) is 5.71. The van der Waals surface area contributed by atoms with Gasteiger partial charge in [-0.2, -0.15) is 4.98 Å². The molecule has 124 valence electrons. The molecular weight excluding hydrogens is 302 g/mol. The number of aryl methyl sites for hydroxylation is 1. The summed E-state index contributed by atoms with van der Waals surface area (Å²) >= 11 is 0. The van der Waals surface area contributed by atoms with Crippen LogP contribution in [0.25, 0.3) is 0 Å². The molecular formula is C16H20F2N4O. The normalized spacial score (nSPS) is 16.8. The zero-order valence-electron chi connectivity index (χ0n) is 13.1. The molecule has 2 heterocycles. The van der Waals surface area contributed by atoms with E-state index in [0.717, 1.165) is 32.6 Å². The molecule has 0 aliphatic carbocycles. The lowest BCUT2D eigenvalue weighted by Gasteiger charge is -2.34. The molecule has 1 aromatic carbocycles. The van der Waals surface area contributed by atoms with E-state index in [-0.39, 0.29) is 5.56 Å². The van der Waals surface area contributed by atoms with E-state index < -0.39 is 11.6 Å². The Morgan fingerprint density at radius 2 is 1.65 bits per heavy atom. The van der Waals surface area contributed by atoms with Gasteiger partial charge in [-0.15, -0.1) is 0 Å².